The Balaban J connectivity index is 1.80. The molecule has 0 saturated carbocycles. The molecule has 1 aliphatic rings. The fourth-order valence-corrected chi connectivity index (χ4v) is 2.38. The molecule has 1 aromatic heterocycles. The van der Waals surface area contributed by atoms with Gasteiger partial charge < -0.3 is 10.1 Å². The van der Waals surface area contributed by atoms with E-state index >= 15 is 0 Å². The van der Waals surface area contributed by atoms with E-state index in [0.717, 1.165) is 29.7 Å². The number of aromatic nitrogens is 2. The number of nitrogens with one attached hydrogen (secondary N) is 1. The van der Waals surface area contributed by atoms with E-state index in [4.69, 9.17) is 4.74 Å². The van der Waals surface area contributed by atoms with Gasteiger partial charge in [0.1, 0.15) is 5.01 Å². The van der Waals surface area contributed by atoms with E-state index in [2.05, 4.69) is 29.4 Å². The van der Waals surface area contributed by atoms with Crippen LogP contribution in [0.25, 0.3) is 0 Å². The summed E-state index contributed by atoms with van der Waals surface area (Å²) >= 11 is 1.58. The summed E-state index contributed by atoms with van der Waals surface area (Å²) in [6, 6.07) is 0. The monoisotopic (exact) mass is 227 g/mol. The number of aryl methyl sites for hydroxylation is 1. The molecule has 1 aliphatic heterocycles. The molecule has 0 spiro atoms. The Kier molecular flexibility index (Phi) is 2.93. The molecule has 0 aliphatic carbocycles. The van der Waals surface area contributed by atoms with Crippen LogP contribution in [0.4, 0.5) is 5.13 Å². The highest BCUT2D eigenvalue weighted by molar-refractivity contribution is 7.15. The van der Waals surface area contributed by atoms with Crippen molar-refractivity contribution in [2.24, 2.45) is 5.41 Å². The predicted molar refractivity (Wildman–Crippen MR) is 61.3 cm³/mol. The summed E-state index contributed by atoms with van der Waals surface area (Å²) < 4.78 is 5.69. The van der Waals surface area contributed by atoms with Gasteiger partial charge in [-0.1, -0.05) is 25.2 Å². The third-order valence-electron chi connectivity index (χ3n) is 2.50. The maximum atomic E-state index is 5.69. The van der Waals surface area contributed by atoms with E-state index in [-0.39, 0.29) is 0 Å². The van der Waals surface area contributed by atoms with Crippen LogP contribution in [0.3, 0.4) is 0 Å². The van der Waals surface area contributed by atoms with Gasteiger partial charge in [-0.2, -0.15) is 0 Å². The third kappa shape index (κ3) is 2.89. The molecule has 0 amide bonds. The molecular weight excluding hydrogens is 210 g/mol. The van der Waals surface area contributed by atoms with Gasteiger partial charge in [-0.15, -0.1) is 10.2 Å². The van der Waals surface area contributed by atoms with Crippen molar-refractivity contribution in [2.45, 2.75) is 33.3 Å². The van der Waals surface area contributed by atoms with Gasteiger partial charge >= 0.3 is 0 Å². The summed E-state index contributed by atoms with van der Waals surface area (Å²) in [5, 5.41) is 13.1. The molecular formula is C10H17N3OS. The largest absolute Gasteiger partial charge is 0.376 e. The number of anilines is 1. The minimum Gasteiger partial charge on any atom is -0.376 e. The van der Waals surface area contributed by atoms with Crippen molar-refractivity contribution < 1.29 is 4.74 Å². The molecule has 0 aromatic carbocycles. The average molecular weight is 227 g/mol. The molecule has 1 N–H and O–H groups in total. The molecule has 15 heavy (non-hydrogen) atoms. The van der Waals surface area contributed by atoms with Gasteiger partial charge in [0.2, 0.25) is 5.13 Å². The second-order valence-corrected chi connectivity index (χ2v) is 5.99. The molecule has 2 heterocycles. The van der Waals surface area contributed by atoms with Gasteiger partial charge in [0, 0.05) is 6.54 Å². The van der Waals surface area contributed by atoms with E-state index in [1.807, 2.05) is 6.92 Å². The Hall–Kier alpha value is -0.680. The van der Waals surface area contributed by atoms with Gasteiger partial charge in [-0.05, 0) is 18.8 Å². The summed E-state index contributed by atoms with van der Waals surface area (Å²) in [5.41, 5.74) is 0.323. The fraction of sp³-hybridized carbons (Fsp3) is 0.800. The lowest BCUT2D eigenvalue weighted by molar-refractivity contribution is 0.108. The number of rotatable bonds is 3. The molecule has 4 nitrogen and oxygen atoms in total. The van der Waals surface area contributed by atoms with Crippen molar-refractivity contribution in [3.63, 3.8) is 0 Å². The molecule has 0 bridgehead atoms. The van der Waals surface area contributed by atoms with Crippen molar-refractivity contribution in [3.05, 3.63) is 5.01 Å². The first-order chi connectivity index (χ1) is 7.05. The SMILES string of the molecule is Cc1nnc(NCC2CC(C)(C)CO2)s1. The van der Waals surface area contributed by atoms with Crippen LogP contribution >= 0.6 is 11.3 Å². The van der Waals surface area contributed by atoms with Gasteiger partial charge in [0.25, 0.3) is 0 Å². The molecule has 84 valence electrons. The lowest BCUT2D eigenvalue weighted by Crippen LogP contribution is -2.19. The van der Waals surface area contributed by atoms with E-state index in [1.165, 1.54) is 0 Å². The van der Waals surface area contributed by atoms with Crippen LogP contribution in [-0.4, -0.2) is 29.5 Å². The predicted octanol–water partition coefficient (Wildman–Crippen LogP) is 2.07. The summed E-state index contributed by atoms with van der Waals surface area (Å²) in [7, 11) is 0. The highest BCUT2D eigenvalue weighted by Crippen LogP contribution is 2.31. The zero-order valence-electron chi connectivity index (χ0n) is 9.41. The van der Waals surface area contributed by atoms with Crippen LogP contribution in [0.2, 0.25) is 0 Å². The first-order valence-electron chi connectivity index (χ1n) is 5.21. The Morgan fingerprint density at radius 3 is 2.87 bits per heavy atom. The van der Waals surface area contributed by atoms with Crippen molar-refractivity contribution in [1.82, 2.24) is 10.2 Å². The topological polar surface area (TPSA) is 47.0 Å². The molecule has 1 fully saturated rings. The molecule has 1 atom stereocenters. The van der Waals surface area contributed by atoms with Crippen molar-refractivity contribution >= 4 is 16.5 Å². The average Bonchev–Trinajstić information content (AvgIpc) is 2.69. The van der Waals surface area contributed by atoms with Gasteiger partial charge in [-0.25, -0.2) is 0 Å². The molecule has 0 radical (unpaired) electrons. The van der Waals surface area contributed by atoms with E-state index in [0.29, 0.717) is 11.5 Å². The third-order valence-corrected chi connectivity index (χ3v) is 3.29. The number of hydrogen-bond donors (Lipinski definition) is 1. The van der Waals surface area contributed by atoms with E-state index in [1.54, 1.807) is 11.3 Å². The zero-order chi connectivity index (χ0) is 10.9. The van der Waals surface area contributed by atoms with Crippen LogP contribution in [-0.2, 0) is 4.74 Å². The number of nitrogens with zero attached hydrogens (tertiary/aromatic N) is 2. The van der Waals surface area contributed by atoms with Crippen molar-refractivity contribution in [1.29, 1.82) is 0 Å². The first-order valence-corrected chi connectivity index (χ1v) is 6.02. The highest BCUT2D eigenvalue weighted by atomic mass is 32.1. The van der Waals surface area contributed by atoms with E-state index < -0.39 is 0 Å². The number of hydrogen-bond acceptors (Lipinski definition) is 5. The van der Waals surface area contributed by atoms with Crippen LogP contribution in [0, 0.1) is 12.3 Å². The second kappa shape index (κ2) is 4.06. The molecule has 5 heteroatoms. The molecule has 2 rings (SSSR count). The smallest absolute Gasteiger partial charge is 0.205 e. The summed E-state index contributed by atoms with van der Waals surface area (Å²) in [6.07, 6.45) is 1.42. The van der Waals surface area contributed by atoms with Gasteiger partial charge in [0.05, 0.1) is 12.7 Å². The number of ether oxygens (including phenoxy) is 1. The Morgan fingerprint density at radius 1 is 1.53 bits per heavy atom. The van der Waals surface area contributed by atoms with Crippen LogP contribution in [0.1, 0.15) is 25.3 Å². The van der Waals surface area contributed by atoms with Crippen LogP contribution < -0.4 is 5.32 Å². The second-order valence-electron chi connectivity index (χ2n) is 4.81. The lowest BCUT2D eigenvalue weighted by Gasteiger charge is -2.13. The lowest BCUT2D eigenvalue weighted by atomic mass is 9.91. The maximum absolute atomic E-state index is 5.69. The van der Waals surface area contributed by atoms with Crippen molar-refractivity contribution in [3.8, 4) is 0 Å². The fourth-order valence-electron chi connectivity index (χ4n) is 1.78. The first kappa shape index (κ1) is 10.8. The van der Waals surface area contributed by atoms with Crippen LogP contribution in [0.15, 0.2) is 0 Å². The minimum atomic E-state index is 0.309. The molecule has 1 unspecified atom stereocenters. The summed E-state index contributed by atoms with van der Waals surface area (Å²) in [5.74, 6) is 0. The minimum absolute atomic E-state index is 0.309. The van der Waals surface area contributed by atoms with Gasteiger partial charge in [-0.3, -0.25) is 0 Å². The van der Waals surface area contributed by atoms with Gasteiger partial charge in [0.15, 0.2) is 0 Å². The Morgan fingerprint density at radius 2 is 2.33 bits per heavy atom. The molecule has 1 aromatic rings. The molecule has 1 saturated heterocycles. The standard InChI is InChI=1S/C10H17N3OS/c1-7-12-13-9(15-7)11-5-8-4-10(2,3)6-14-8/h8H,4-6H2,1-3H3,(H,11,13). The highest BCUT2D eigenvalue weighted by Gasteiger charge is 2.31. The quantitative estimate of drug-likeness (QED) is 0.858. The summed E-state index contributed by atoms with van der Waals surface area (Å²) in [6.45, 7) is 8.12. The van der Waals surface area contributed by atoms with Crippen molar-refractivity contribution in [2.75, 3.05) is 18.5 Å². The van der Waals surface area contributed by atoms with E-state index in [9.17, 15) is 0 Å². The van der Waals surface area contributed by atoms with Crippen LogP contribution in [0.5, 0.6) is 0 Å². The zero-order valence-corrected chi connectivity index (χ0v) is 10.2. The maximum Gasteiger partial charge on any atom is 0.205 e. The Bertz CT molecular complexity index is 337. The normalized spacial score (nSPS) is 24.3. The summed E-state index contributed by atoms with van der Waals surface area (Å²) in [4.78, 5) is 0. The Labute approximate surface area is 94.1 Å².